The van der Waals surface area contributed by atoms with E-state index in [1.165, 1.54) is 0 Å². The van der Waals surface area contributed by atoms with Crippen LogP contribution in [-0.4, -0.2) is 13.1 Å². The Morgan fingerprint density at radius 3 is 1.29 bits per heavy atom. The third kappa shape index (κ3) is 31.4. The van der Waals surface area contributed by atoms with Crippen LogP contribution in [0.4, 0.5) is 0 Å². The summed E-state index contributed by atoms with van der Waals surface area (Å²) in [5, 5.41) is 0. The van der Waals surface area contributed by atoms with Gasteiger partial charge in [-0.1, -0.05) is 0 Å². The van der Waals surface area contributed by atoms with Crippen LogP contribution in [0.25, 0.3) is 0 Å². The first-order valence-corrected chi connectivity index (χ1v) is 8.61. The average molecular weight is 347 g/mol. The fourth-order valence-corrected chi connectivity index (χ4v) is 0.680. The summed E-state index contributed by atoms with van der Waals surface area (Å²) in [4.78, 5) is 8.66. The Morgan fingerprint density at radius 2 is 1.24 bits per heavy atom. The molecule has 93 valence electrons. The Kier molecular flexibility index (Phi) is 19.0. The van der Waals surface area contributed by atoms with E-state index in [0.29, 0.717) is 0 Å². The summed E-state index contributed by atoms with van der Waals surface area (Å²) in [5.41, 5.74) is 0. The smallest absolute Gasteiger partial charge is 1.00 e. The fourth-order valence-electron chi connectivity index (χ4n) is 0.680. The second kappa shape index (κ2) is 14.4. The van der Waals surface area contributed by atoms with Crippen molar-refractivity contribution in [2.75, 3.05) is 0 Å². The van der Waals surface area contributed by atoms with Gasteiger partial charge in [0.05, 0.1) is 0 Å². The second-order valence-electron chi connectivity index (χ2n) is 4.18. The fraction of sp³-hybridized carbons (Fsp3) is 0.385. The van der Waals surface area contributed by atoms with Crippen LogP contribution in [0.1, 0.15) is 12.8 Å². The summed E-state index contributed by atoms with van der Waals surface area (Å²) in [6.45, 7) is 5.65. The van der Waals surface area contributed by atoms with Gasteiger partial charge in [0.25, 0.3) is 0 Å². The minimum absolute atomic E-state index is 0. The monoisotopic (exact) mass is 345 g/mol. The van der Waals surface area contributed by atoms with Crippen LogP contribution in [0.5, 0.6) is 0 Å². The van der Waals surface area contributed by atoms with Crippen molar-refractivity contribution in [3.05, 3.63) is 48.6 Å². The molecule has 2 aliphatic rings. The topological polar surface area (TPSA) is 20.2 Å². The van der Waals surface area contributed by atoms with Crippen molar-refractivity contribution in [2.45, 2.75) is 32.5 Å². The molecular formula is C13H20ClOSiZr. The number of hydrogen-bond acceptors (Lipinski definition) is 1. The first kappa shape index (κ1) is 22.5. The summed E-state index contributed by atoms with van der Waals surface area (Å²) in [5.74, 6) is 0. The SMILES string of the molecule is C[Si](C)(C)O.[C-]1=CC=CC1.[C-]1=CC=CC1.[Cl-].[Zr+3]. The summed E-state index contributed by atoms with van der Waals surface area (Å²) >= 11 is 0. The summed E-state index contributed by atoms with van der Waals surface area (Å²) < 4.78 is 0. The van der Waals surface area contributed by atoms with Crippen LogP contribution < -0.4 is 12.4 Å². The molecule has 0 aromatic carbocycles. The molecule has 4 heteroatoms. The van der Waals surface area contributed by atoms with Crippen molar-refractivity contribution in [1.29, 1.82) is 0 Å². The molecule has 0 saturated carbocycles. The second-order valence-corrected chi connectivity index (χ2v) is 8.52. The van der Waals surface area contributed by atoms with Gasteiger partial charge in [0, 0.05) is 0 Å². The van der Waals surface area contributed by atoms with Gasteiger partial charge < -0.3 is 17.2 Å². The van der Waals surface area contributed by atoms with Crippen LogP contribution in [0.3, 0.4) is 0 Å². The van der Waals surface area contributed by atoms with Crippen molar-refractivity contribution in [3.8, 4) is 0 Å². The molecule has 17 heavy (non-hydrogen) atoms. The molecule has 0 bridgehead atoms. The quantitative estimate of drug-likeness (QED) is 0.498. The molecule has 0 aromatic rings. The molecule has 2 aliphatic carbocycles. The predicted molar refractivity (Wildman–Crippen MR) is 68.7 cm³/mol. The molecule has 0 aromatic heterocycles. The molecule has 1 N–H and O–H groups in total. The van der Waals surface area contributed by atoms with Crippen molar-refractivity contribution in [2.24, 2.45) is 0 Å². The van der Waals surface area contributed by atoms with Gasteiger partial charge in [-0.15, -0.1) is 12.8 Å². The maximum absolute atomic E-state index is 8.66. The molecule has 0 unspecified atom stereocenters. The molecule has 1 radical (unpaired) electrons. The number of allylic oxidation sites excluding steroid dienone is 8. The van der Waals surface area contributed by atoms with Gasteiger partial charge in [0.1, 0.15) is 0 Å². The molecule has 0 amide bonds. The van der Waals surface area contributed by atoms with Gasteiger partial charge >= 0.3 is 26.2 Å². The maximum atomic E-state index is 8.66. The van der Waals surface area contributed by atoms with Gasteiger partial charge in [0.15, 0.2) is 8.32 Å². The van der Waals surface area contributed by atoms with Gasteiger partial charge in [-0.2, -0.15) is 12.2 Å². The van der Waals surface area contributed by atoms with E-state index in [0.717, 1.165) is 12.8 Å². The average Bonchev–Trinajstić information content (AvgIpc) is 2.81. The van der Waals surface area contributed by atoms with E-state index in [4.69, 9.17) is 4.80 Å². The zero-order valence-electron chi connectivity index (χ0n) is 10.7. The van der Waals surface area contributed by atoms with Crippen molar-refractivity contribution in [3.63, 3.8) is 0 Å². The Morgan fingerprint density at radius 1 is 0.941 bits per heavy atom. The zero-order chi connectivity index (χ0) is 11.6. The minimum Gasteiger partial charge on any atom is -1.00 e. The molecule has 2 rings (SSSR count). The number of rotatable bonds is 0. The van der Waals surface area contributed by atoms with E-state index in [-0.39, 0.29) is 38.6 Å². The van der Waals surface area contributed by atoms with Gasteiger partial charge in [-0.25, -0.2) is 24.3 Å². The molecule has 0 atom stereocenters. The molecule has 0 aliphatic heterocycles. The maximum Gasteiger partial charge on any atom is 3.00 e. The third-order valence-corrected chi connectivity index (χ3v) is 1.17. The van der Waals surface area contributed by atoms with Crippen LogP contribution in [0, 0.1) is 12.2 Å². The minimum atomic E-state index is -1.61. The van der Waals surface area contributed by atoms with Gasteiger partial charge in [-0.3, -0.25) is 12.2 Å². The Balaban J connectivity index is -0.000000163. The molecule has 1 nitrogen and oxygen atoms in total. The Hall–Kier alpha value is 0.310. The first-order valence-electron chi connectivity index (χ1n) is 5.16. The molecule has 0 fully saturated rings. The Labute approximate surface area is 132 Å². The number of halogens is 1. The largest absolute Gasteiger partial charge is 3.00 e. The Bertz CT molecular complexity index is 217. The summed E-state index contributed by atoms with van der Waals surface area (Å²) in [6, 6.07) is 0. The van der Waals surface area contributed by atoms with Crippen molar-refractivity contribution >= 4 is 8.32 Å². The predicted octanol–water partition coefficient (Wildman–Crippen LogP) is 0.426. The van der Waals surface area contributed by atoms with Crippen LogP contribution in [-0.2, 0) is 26.2 Å². The van der Waals surface area contributed by atoms with Crippen LogP contribution in [0.15, 0.2) is 36.5 Å². The summed E-state index contributed by atoms with van der Waals surface area (Å²) in [7, 11) is -1.61. The standard InChI is InChI=1S/2C5H5.C3H10OSi.ClH.Zr/c2*1-2-4-5-3-1;1-5(2,3)4;;/h2*1-3H,4H2;4H,1-3H3;1H;/q2*-1;;;+3/p-1. The van der Waals surface area contributed by atoms with E-state index in [2.05, 4.69) is 24.3 Å². The first-order chi connectivity index (χ1) is 7.00. The normalized spacial score (nSPS) is 13.9. The molecule has 0 heterocycles. The van der Waals surface area contributed by atoms with E-state index in [1.54, 1.807) is 0 Å². The van der Waals surface area contributed by atoms with E-state index < -0.39 is 8.32 Å². The summed E-state index contributed by atoms with van der Waals surface area (Å²) in [6.07, 6.45) is 20.0. The van der Waals surface area contributed by atoms with Crippen molar-refractivity contribution in [1.82, 2.24) is 0 Å². The molecular weight excluding hydrogens is 327 g/mol. The molecule has 0 saturated heterocycles. The zero-order valence-corrected chi connectivity index (χ0v) is 14.9. The van der Waals surface area contributed by atoms with Crippen molar-refractivity contribution < 1.29 is 43.4 Å². The van der Waals surface area contributed by atoms with Gasteiger partial charge in [0.2, 0.25) is 0 Å². The van der Waals surface area contributed by atoms with Crippen LogP contribution in [0.2, 0.25) is 19.6 Å². The van der Waals surface area contributed by atoms with Crippen LogP contribution >= 0.6 is 0 Å². The van der Waals surface area contributed by atoms with E-state index >= 15 is 0 Å². The van der Waals surface area contributed by atoms with E-state index in [9.17, 15) is 0 Å². The van der Waals surface area contributed by atoms with Gasteiger partial charge in [-0.05, 0) is 19.6 Å². The number of hydrogen-bond donors (Lipinski definition) is 1. The molecule has 0 spiro atoms. The van der Waals surface area contributed by atoms with E-state index in [1.807, 2.05) is 43.9 Å². The third-order valence-electron chi connectivity index (χ3n) is 1.17.